The Bertz CT molecular complexity index is 828. The van der Waals surface area contributed by atoms with Crippen LogP contribution in [0.5, 0.6) is 0 Å². The third kappa shape index (κ3) is 3.00. The maximum atomic E-state index is 12.4. The number of fused-ring (bicyclic) bond motifs is 1. The zero-order valence-electron chi connectivity index (χ0n) is 11.8. The fourth-order valence-corrected chi connectivity index (χ4v) is 3.13. The molecule has 0 spiro atoms. The Balaban J connectivity index is 1.81. The average molecular weight is 306 g/mol. The van der Waals surface area contributed by atoms with Crippen molar-refractivity contribution in [1.29, 1.82) is 5.26 Å². The first-order valence-electron chi connectivity index (χ1n) is 6.98. The van der Waals surface area contributed by atoms with Gasteiger partial charge in [0, 0.05) is 22.4 Å². The van der Waals surface area contributed by atoms with Crippen molar-refractivity contribution in [2.75, 3.05) is 5.32 Å². The van der Waals surface area contributed by atoms with Gasteiger partial charge in [0.15, 0.2) is 0 Å². The summed E-state index contributed by atoms with van der Waals surface area (Å²) in [6.07, 6.45) is 0.449. The van der Waals surface area contributed by atoms with Crippen LogP contribution in [0.2, 0.25) is 0 Å². The van der Waals surface area contributed by atoms with Gasteiger partial charge in [-0.25, -0.2) is 0 Å². The molecule has 0 fully saturated rings. The number of benzene rings is 2. The van der Waals surface area contributed by atoms with Crippen molar-refractivity contribution in [2.45, 2.75) is 6.42 Å². The summed E-state index contributed by atoms with van der Waals surface area (Å²) in [5.41, 5.74) is 0.745. The molecule has 0 aliphatic heterocycles. The molecule has 0 saturated heterocycles. The largest absolute Gasteiger partial charge is 0.324 e. The van der Waals surface area contributed by atoms with Crippen LogP contribution in [0.3, 0.4) is 0 Å². The normalized spacial score (nSPS) is 11.8. The average Bonchev–Trinajstić information content (AvgIpc) is 3.06. The molecule has 3 rings (SSSR count). The molecule has 2 aromatic carbocycles. The molecule has 4 heteroatoms. The number of rotatable bonds is 4. The van der Waals surface area contributed by atoms with Gasteiger partial charge >= 0.3 is 0 Å². The van der Waals surface area contributed by atoms with Crippen molar-refractivity contribution in [3.63, 3.8) is 0 Å². The highest BCUT2D eigenvalue weighted by atomic mass is 32.1. The van der Waals surface area contributed by atoms with Crippen molar-refractivity contribution >= 4 is 33.7 Å². The van der Waals surface area contributed by atoms with Crippen molar-refractivity contribution in [3.05, 3.63) is 64.9 Å². The molecule has 3 aromatic rings. The Morgan fingerprint density at radius 3 is 2.73 bits per heavy atom. The molecule has 108 valence electrons. The summed E-state index contributed by atoms with van der Waals surface area (Å²) in [7, 11) is 0. The van der Waals surface area contributed by atoms with Gasteiger partial charge in [0.05, 0.1) is 6.07 Å². The Labute approximate surface area is 132 Å². The number of thiophene rings is 1. The van der Waals surface area contributed by atoms with Gasteiger partial charge in [-0.05, 0) is 22.9 Å². The number of nitrogens with zero attached hydrogens (tertiary/aromatic N) is 1. The summed E-state index contributed by atoms with van der Waals surface area (Å²) in [6, 6.07) is 19.6. The van der Waals surface area contributed by atoms with Crippen LogP contribution in [0.1, 0.15) is 4.88 Å². The molecule has 1 N–H and O–H groups in total. The standard InChI is InChI=1S/C18H14N2OS/c19-12-14(11-15-7-4-10-22-15)18(21)20-17-9-3-6-13-5-1-2-8-16(13)17/h1-10,14H,11H2,(H,20,21)/t14-/m0/s1. The summed E-state index contributed by atoms with van der Waals surface area (Å²) in [6.45, 7) is 0. The third-order valence-electron chi connectivity index (χ3n) is 3.51. The van der Waals surface area contributed by atoms with E-state index in [4.69, 9.17) is 0 Å². The smallest absolute Gasteiger partial charge is 0.242 e. The maximum Gasteiger partial charge on any atom is 0.242 e. The summed E-state index contributed by atoms with van der Waals surface area (Å²) >= 11 is 1.56. The van der Waals surface area contributed by atoms with E-state index < -0.39 is 5.92 Å². The molecule has 0 radical (unpaired) electrons. The van der Waals surface area contributed by atoms with Crippen molar-refractivity contribution in [1.82, 2.24) is 0 Å². The molecule has 0 aliphatic carbocycles. The van der Waals surface area contributed by atoms with E-state index in [2.05, 4.69) is 11.4 Å². The van der Waals surface area contributed by atoms with E-state index in [1.54, 1.807) is 11.3 Å². The highest BCUT2D eigenvalue weighted by Crippen LogP contribution is 2.24. The number of anilines is 1. The summed E-state index contributed by atoms with van der Waals surface area (Å²) < 4.78 is 0. The molecule has 0 bridgehead atoms. The molecular formula is C18H14N2OS. The second-order valence-electron chi connectivity index (χ2n) is 4.98. The lowest BCUT2D eigenvalue weighted by molar-refractivity contribution is -0.118. The van der Waals surface area contributed by atoms with Gasteiger partial charge < -0.3 is 5.32 Å². The number of hydrogen-bond acceptors (Lipinski definition) is 3. The SMILES string of the molecule is N#C[C@H](Cc1cccs1)C(=O)Nc1cccc2ccccc12. The van der Waals surface area contributed by atoms with Gasteiger partial charge in [-0.15, -0.1) is 11.3 Å². The minimum absolute atomic E-state index is 0.257. The van der Waals surface area contributed by atoms with Crippen LogP contribution in [0.4, 0.5) is 5.69 Å². The number of nitrogens with one attached hydrogen (secondary N) is 1. The number of amides is 1. The molecule has 0 saturated carbocycles. The first-order chi connectivity index (χ1) is 10.8. The van der Waals surface area contributed by atoms with Gasteiger partial charge in [-0.2, -0.15) is 5.26 Å². The predicted octanol–water partition coefficient (Wildman–Crippen LogP) is 4.22. The van der Waals surface area contributed by atoms with Gasteiger partial charge in [-0.1, -0.05) is 42.5 Å². The van der Waals surface area contributed by atoms with Crippen molar-refractivity contribution in [2.24, 2.45) is 5.92 Å². The van der Waals surface area contributed by atoms with Crippen molar-refractivity contribution in [3.8, 4) is 6.07 Å². The van der Waals surface area contributed by atoms with E-state index in [0.29, 0.717) is 6.42 Å². The molecule has 1 amide bonds. The molecular weight excluding hydrogens is 292 g/mol. The summed E-state index contributed by atoms with van der Waals surface area (Å²) in [4.78, 5) is 13.4. The second-order valence-corrected chi connectivity index (χ2v) is 6.01. The van der Waals surface area contributed by atoms with Crippen LogP contribution in [0.15, 0.2) is 60.0 Å². The van der Waals surface area contributed by atoms with Crippen LogP contribution in [-0.4, -0.2) is 5.91 Å². The van der Waals surface area contributed by atoms with E-state index in [9.17, 15) is 10.1 Å². The summed E-state index contributed by atoms with van der Waals surface area (Å²) in [5, 5.41) is 16.2. The Morgan fingerprint density at radius 1 is 1.14 bits per heavy atom. The lowest BCUT2D eigenvalue weighted by Gasteiger charge is -2.11. The van der Waals surface area contributed by atoms with Gasteiger partial charge in [0.25, 0.3) is 0 Å². The number of carbonyl (C=O) groups excluding carboxylic acids is 1. The number of nitriles is 1. The molecule has 0 unspecified atom stereocenters. The van der Waals surface area contributed by atoms with E-state index >= 15 is 0 Å². The van der Waals surface area contributed by atoms with E-state index in [1.807, 2.05) is 60.0 Å². The lowest BCUT2D eigenvalue weighted by Crippen LogP contribution is -2.23. The van der Waals surface area contributed by atoms with Gasteiger partial charge in [0.2, 0.25) is 5.91 Å². The Hall–Kier alpha value is -2.64. The Kier molecular flexibility index (Phi) is 4.17. The minimum Gasteiger partial charge on any atom is -0.324 e. The monoisotopic (exact) mass is 306 g/mol. The van der Waals surface area contributed by atoms with E-state index in [-0.39, 0.29) is 5.91 Å². The summed E-state index contributed by atoms with van der Waals surface area (Å²) in [5.74, 6) is -0.940. The molecule has 1 heterocycles. The van der Waals surface area contributed by atoms with Crippen molar-refractivity contribution < 1.29 is 4.79 Å². The quantitative estimate of drug-likeness (QED) is 0.784. The van der Waals surface area contributed by atoms with Crippen LogP contribution >= 0.6 is 11.3 Å². The zero-order valence-corrected chi connectivity index (χ0v) is 12.6. The molecule has 22 heavy (non-hydrogen) atoms. The predicted molar refractivity (Wildman–Crippen MR) is 89.7 cm³/mol. The molecule has 1 atom stereocenters. The van der Waals surface area contributed by atoms with Gasteiger partial charge in [-0.3, -0.25) is 4.79 Å². The first kappa shape index (κ1) is 14.3. The van der Waals surface area contributed by atoms with Crippen LogP contribution in [-0.2, 0) is 11.2 Å². The molecule has 0 aliphatic rings. The van der Waals surface area contributed by atoms with Gasteiger partial charge in [0.1, 0.15) is 5.92 Å². The Morgan fingerprint density at radius 2 is 1.95 bits per heavy atom. The highest BCUT2D eigenvalue weighted by molar-refractivity contribution is 7.09. The topological polar surface area (TPSA) is 52.9 Å². The van der Waals surface area contributed by atoms with Crippen LogP contribution in [0.25, 0.3) is 10.8 Å². The lowest BCUT2D eigenvalue weighted by atomic mass is 10.0. The second kappa shape index (κ2) is 6.42. The fraction of sp³-hybridized carbons (Fsp3) is 0.111. The highest BCUT2D eigenvalue weighted by Gasteiger charge is 2.19. The molecule has 3 nitrogen and oxygen atoms in total. The van der Waals surface area contributed by atoms with E-state index in [0.717, 1.165) is 21.3 Å². The number of hydrogen-bond donors (Lipinski definition) is 1. The fourth-order valence-electron chi connectivity index (χ4n) is 2.38. The maximum absolute atomic E-state index is 12.4. The van der Waals surface area contributed by atoms with E-state index in [1.165, 1.54) is 0 Å². The third-order valence-corrected chi connectivity index (χ3v) is 4.40. The minimum atomic E-state index is -0.683. The first-order valence-corrected chi connectivity index (χ1v) is 7.86. The molecule has 1 aromatic heterocycles. The zero-order chi connectivity index (χ0) is 15.4. The van der Waals surface area contributed by atoms with Crippen LogP contribution < -0.4 is 5.32 Å². The number of carbonyl (C=O) groups is 1. The van der Waals surface area contributed by atoms with Crippen LogP contribution in [0, 0.1) is 17.2 Å².